The molecule has 2 heterocycles. The van der Waals surface area contributed by atoms with Gasteiger partial charge in [0.05, 0.1) is 6.20 Å². The summed E-state index contributed by atoms with van der Waals surface area (Å²) in [5.41, 5.74) is 6.56. The summed E-state index contributed by atoms with van der Waals surface area (Å²) in [4.78, 5) is 18.0. The number of carbonyl (C=O) groups is 1. The fourth-order valence-corrected chi connectivity index (χ4v) is 2.56. The van der Waals surface area contributed by atoms with E-state index in [1.54, 1.807) is 23.2 Å². The molecule has 1 aromatic heterocycles. The third kappa shape index (κ3) is 3.33. The summed E-state index contributed by atoms with van der Waals surface area (Å²) in [6.07, 6.45) is 3.26. The summed E-state index contributed by atoms with van der Waals surface area (Å²) in [5, 5.41) is 0. The number of hydrogen-bond acceptors (Lipinski definition) is 4. The second-order valence-electron chi connectivity index (χ2n) is 5.51. The lowest BCUT2D eigenvalue weighted by Gasteiger charge is -2.14. The zero-order valence-electron chi connectivity index (χ0n) is 12.2. The highest BCUT2D eigenvalue weighted by molar-refractivity contribution is 5.76. The summed E-state index contributed by atoms with van der Waals surface area (Å²) < 4.78 is 18.5. The van der Waals surface area contributed by atoms with Crippen molar-refractivity contribution in [2.24, 2.45) is 5.73 Å². The Morgan fingerprint density at radius 1 is 1.41 bits per heavy atom. The minimum absolute atomic E-state index is 0.0782. The topological polar surface area (TPSA) is 72.4 Å². The number of halogens is 1. The summed E-state index contributed by atoms with van der Waals surface area (Å²) in [6.45, 7) is 1.36. The SMILES string of the molecule is NC1CCN(C(=O)CCc2ncc(-c3ccc(F)cc3)o2)C1. The van der Waals surface area contributed by atoms with Crippen molar-refractivity contribution in [1.82, 2.24) is 9.88 Å². The second-order valence-corrected chi connectivity index (χ2v) is 5.51. The average Bonchev–Trinajstić information content (AvgIpc) is 3.15. The Morgan fingerprint density at radius 3 is 2.86 bits per heavy atom. The van der Waals surface area contributed by atoms with Crippen molar-refractivity contribution >= 4 is 5.91 Å². The van der Waals surface area contributed by atoms with E-state index in [0.717, 1.165) is 18.5 Å². The van der Waals surface area contributed by atoms with Gasteiger partial charge in [0.25, 0.3) is 0 Å². The van der Waals surface area contributed by atoms with E-state index in [4.69, 9.17) is 10.2 Å². The molecule has 0 radical (unpaired) electrons. The maximum absolute atomic E-state index is 12.9. The molecule has 6 heteroatoms. The van der Waals surface area contributed by atoms with Gasteiger partial charge in [0.15, 0.2) is 11.7 Å². The van der Waals surface area contributed by atoms with E-state index in [0.29, 0.717) is 31.0 Å². The van der Waals surface area contributed by atoms with E-state index in [1.807, 2.05) is 0 Å². The minimum Gasteiger partial charge on any atom is -0.441 e. The van der Waals surface area contributed by atoms with Gasteiger partial charge in [0.2, 0.25) is 5.91 Å². The van der Waals surface area contributed by atoms with Gasteiger partial charge in [-0.25, -0.2) is 9.37 Å². The number of amides is 1. The van der Waals surface area contributed by atoms with Gasteiger partial charge < -0.3 is 15.1 Å². The standard InChI is InChI=1S/C16H18FN3O2/c17-12-3-1-11(2-4-12)14-9-19-15(22-14)5-6-16(21)20-8-7-13(18)10-20/h1-4,9,13H,5-8,10,18H2. The molecule has 116 valence electrons. The smallest absolute Gasteiger partial charge is 0.223 e. The van der Waals surface area contributed by atoms with E-state index < -0.39 is 0 Å². The van der Waals surface area contributed by atoms with Crippen molar-refractivity contribution in [3.8, 4) is 11.3 Å². The van der Waals surface area contributed by atoms with Gasteiger partial charge in [0.1, 0.15) is 5.82 Å². The Kier molecular flexibility index (Phi) is 4.20. The molecular weight excluding hydrogens is 285 g/mol. The lowest BCUT2D eigenvalue weighted by molar-refractivity contribution is -0.130. The zero-order valence-corrected chi connectivity index (χ0v) is 12.2. The van der Waals surface area contributed by atoms with E-state index in [-0.39, 0.29) is 17.8 Å². The molecule has 0 spiro atoms. The minimum atomic E-state index is -0.294. The predicted octanol–water partition coefficient (Wildman–Crippen LogP) is 1.97. The van der Waals surface area contributed by atoms with Crippen LogP contribution in [0.5, 0.6) is 0 Å². The molecule has 1 unspecified atom stereocenters. The van der Waals surface area contributed by atoms with E-state index in [2.05, 4.69) is 4.98 Å². The number of carbonyl (C=O) groups excluding carboxylic acids is 1. The molecule has 3 rings (SSSR count). The molecule has 2 N–H and O–H groups in total. The maximum Gasteiger partial charge on any atom is 0.223 e. The Hall–Kier alpha value is -2.21. The number of nitrogens with two attached hydrogens (primary N) is 1. The maximum atomic E-state index is 12.9. The molecule has 0 bridgehead atoms. The van der Waals surface area contributed by atoms with Gasteiger partial charge in [-0.3, -0.25) is 4.79 Å². The highest BCUT2D eigenvalue weighted by Crippen LogP contribution is 2.21. The molecular formula is C16H18FN3O2. The third-order valence-corrected chi connectivity index (χ3v) is 3.81. The number of oxazole rings is 1. The first-order valence-corrected chi connectivity index (χ1v) is 7.36. The Balaban J connectivity index is 1.58. The number of likely N-dealkylation sites (tertiary alicyclic amines) is 1. The van der Waals surface area contributed by atoms with Crippen LogP contribution < -0.4 is 5.73 Å². The van der Waals surface area contributed by atoms with Gasteiger partial charge in [0, 0.05) is 37.5 Å². The summed E-state index contributed by atoms with van der Waals surface area (Å²) in [7, 11) is 0. The van der Waals surface area contributed by atoms with Gasteiger partial charge in [-0.2, -0.15) is 0 Å². The molecule has 1 aromatic carbocycles. The number of benzene rings is 1. The zero-order chi connectivity index (χ0) is 15.5. The number of aryl methyl sites for hydroxylation is 1. The number of aromatic nitrogens is 1. The van der Waals surface area contributed by atoms with Crippen LogP contribution in [0.2, 0.25) is 0 Å². The van der Waals surface area contributed by atoms with Crippen molar-refractivity contribution in [3.63, 3.8) is 0 Å². The number of nitrogens with zero attached hydrogens (tertiary/aromatic N) is 2. The monoisotopic (exact) mass is 303 g/mol. The highest BCUT2D eigenvalue weighted by atomic mass is 19.1. The first-order valence-electron chi connectivity index (χ1n) is 7.36. The molecule has 0 saturated carbocycles. The molecule has 0 aliphatic carbocycles. The molecule has 1 saturated heterocycles. The van der Waals surface area contributed by atoms with E-state index >= 15 is 0 Å². The van der Waals surface area contributed by atoms with Crippen molar-refractivity contribution in [2.75, 3.05) is 13.1 Å². The van der Waals surface area contributed by atoms with Gasteiger partial charge in [-0.1, -0.05) is 0 Å². The Morgan fingerprint density at radius 2 is 2.18 bits per heavy atom. The van der Waals surface area contributed by atoms with Crippen molar-refractivity contribution in [1.29, 1.82) is 0 Å². The fraction of sp³-hybridized carbons (Fsp3) is 0.375. The van der Waals surface area contributed by atoms with Crippen LogP contribution in [-0.4, -0.2) is 34.9 Å². The molecule has 1 fully saturated rings. The van der Waals surface area contributed by atoms with E-state index in [9.17, 15) is 9.18 Å². The molecule has 1 aliphatic heterocycles. The second kappa shape index (κ2) is 6.27. The summed E-state index contributed by atoms with van der Waals surface area (Å²) in [5.74, 6) is 0.870. The lowest BCUT2D eigenvalue weighted by atomic mass is 10.2. The molecule has 1 aliphatic rings. The van der Waals surface area contributed by atoms with Crippen molar-refractivity contribution < 1.29 is 13.6 Å². The molecule has 5 nitrogen and oxygen atoms in total. The molecule has 22 heavy (non-hydrogen) atoms. The number of rotatable bonds is 4. The summed E-state index contributed by atoms with van der Waals surface area (Å²) >= 11 is 0. The van der Waals surface area contributed by atoms with Crippen LogP contribution in [0.15, 0.2) is 34.9 Å². The van der Waals surface area contributed by atoms with Crippen LogP contribution in [0.4, 0.5) is 4.39 Å². The normalized spacial score (nSPS) is 17.9. The van der Waals surface area contributed by atoms with Crippen molar-refractivity contribution in [3.05, 3.63) is 42.2 Å². The molecule has 1 atom stereocenters. The van der Waals surface area contributed by atoms with Crippen molar-refractivity contribution in [2.45, 2.75) is 25.3 Å². The van der Waals surface area contributed by atoms with Gasteiger partial charge >= 0.3 is 0 Å². The molecule has 2 aromatic rings. The van der Waals surface area contributed by atoms with Crippen LogP contribution in [-0.2, 0) is 11.2 Å². The van der Waals surface area contributed by atoms with E-state index in [1.165, 1.54) is 12.1 Å². The summed E-state index contributed by atoms with van der Waals surface area (Å²) in [6, 6.07) is 6.11. The predicted molar refractivity (Wildman–Crippen MR) is 79.4 cm³/mol. The van der Waals surface area contributed by atoms with Crippen LogP contribution >= 0.6 is 0 Å². The third-order valence-electron chi connectivity index (χ3n) is 3.81. The van der Waals surface area contributed by atoms with Crippen LogP contribution in [0.25, 0.3) is 11.3 Å². The van der Waals surface area contributed by atoms with Crippen LogP contribution in [0.1, 0.15) is 18.7 Å². The lowest BCUT2D eigenvalue weighted by Crippen LogP contribution is -2.31. The first kappa shape index (κ1) is 14.7. The van der Waals surface area contributed by atoms with Gasteiger partial charge in [-0.05, 0) is 30.7 Å². The van der Waals surface area contributed by atoms with Gasteiger partial charge in [-0.15, -0.1) is 0 Å². The Labute approximate surface area is 127 Å². The quantitative estimate of drug-likeness (QED) is 0.937. The molecule has 1 amide bonds. The Bertz CT molecular complexity index is 654. The highest BCUT2D eigenvalue weighted by Gasteiger charge is 2.23. The fourth-order valence-electron chi connectivity index (χ4n) is 2.56. The average molecular weight is 303 g/mol. The van der Waals surface area contributed by atoms with Crippen LogP contribution in [0, 0.1) is 5.82 Å². The van der Waals surface area contributed by atoms with Crippen LogP contribution in [0.3, 0.4) is 0 Å². The largest absolute Gasteiger partial charge is 0.441 e. The number of hydrogen-bond donors (Lipinski definition) is 1. The first-order chi connectivity index (χ1) is 10.6.